The molecule has 1 aliphatic heterocycles. The van der Waals surface area contributed by atoms with Gasteiger partial charge in [-0.3, -0.25) is 0 Å². The van der Waals surface area contributed by atoms with Gasteiger partial charge in [0, 0.05) is 16.4 Å². The molecule has 10 nitrogen and oxygen atoms in total. The number of allylic oxidation sites excluding steroid dienone is 1. The lowest BCUT2D eigenvalue weighted by atomic mass is 9.45. The van der Waals surface area contributed by atoms with E-state index in [0.717, 1.165) is 56.9 Å². The van der Waals surface area contributed by atoms with Crippen LogP contribution in [-0.4, -0.2) is 58.2 Å². The minimum Gasteiger partial charge on any atom is -0.431 e. The first-order valence-corrected chi connectivity index (χ1v) is 14.3. The van der Waals surface area contributed by atoms with E-state index in [2.05, 4.69) is 29.9 Å². The minimum atomic E-state index is -1.30. The monoisotopic (exact) mass is 541 g/mol. The van der Waals surface area contributed by atoms with E-state index in [9.17, 15) is 20.1 Å². The summed E-state index contributed by atoms with van der Waals surface area (Å²) in [4.78, 5) is 14.3. The second kappa shape index (κ2) is 9.72. The summed E-state index contributed by atoms with van der Waals surface area (Å²) < 4.78 is 16.9. The first kappa shape index (κ1) is 27.0. The molecule has 1 saturated heterocycles. The number of ether oxygens (including phenoxy) is 2. The minimum absolute atomic E-state index is 0.00874. The largest absolute Gasteiger partial charge is 0.431 e. The van der Waals surface area contributed by atoms with Crippen molar-refractivity contribution in [2.75, 3.05) is 6.61 Å². The Balaban J connectivity index is 1.19. The summed E-state index contributed by atoms with van der Waals surface area (Å²) in [5, 5.41) is 36.7. The number of hydrogen-bond acceptors (Lipinski definition) is 8. The molecule has 11 atom stereocenters. The highest BCUT2D eigenvalue weighted by atomic mass is 16.7. The highest BCUT2D eigenvalue weighted by Gasteiger charge is 2.66. The van der Waals surface area contributed by atoms with Crippen LogP contribution in [0.2, 0.25) is 0 Å². The Morgan fingerprint density at radius 2 is 1.90 bits per heavy atom. The maximum Gasteiger partial charge on any atom is 0.335 e. The molecule has 1 aromatic heterocycles. The number of azide groups is 1. The van der Waals surface area contributed by atoms with Crippen molar-refractivity contribution in [2.24, 2.45) is 27.8 Å². The lowest BCUT2D eigenvalue weighted by molar-refractivity contribution is -0.259. The van der Waals surface area contributed by atoms with Crippen molar-refractivity contribution in [3.05, 3.63) is 56.5 Å². The van der Waals surface area contributed by atoms with Gasteiger partial charge in [0.05, 0.1) is 36.7 Å². The van der Waals surface area contributed by atoms with Crippen molar-refractivity contribution in [2.45, 2.75) is 107 Å². The number of hydrogen-bond donors (Lipinski definition) is 3. The molecule has 0 bridgehead atoms. The quantitative estimate of drug-likeness (QED) is 0.225. The number of aliphatic hydroxyl groups is 3. The van der Waals surface area contributed by atoms with E-state index in [0.29, 0.717) is 5.92 Å². The van der Waals surface area contributed by atoms with Gasteiger partial charge in [-0.15, -0.1) is 0 Å². The first-order chi connectivity index (χ1) is 18.6. The zero-order valence-electron chi connectivity index (χ0n) is 22.6. The molecule has 2 heterocycles. The van der Waals surface area contributed by atoms with Crippen LogP contribution in [0.25, 0.3) is 10.4 Å². The molecule has 3 unspecified atom stereocenters. The third kappa shape index (κ3) is 4.11. The van der Waals surface area contributed by atoms with Crippen LogP contribution >= 0.6 is 0 Å². The molecule has 0 spiro atoms. The molecule has 4 aliphatic carbocycles. The van der Waals surface area contributed by atoms with E-state index in [1.807, 2.05) is 6.07 Å². The van der Waals surface area contributed by atoms with Gasteiger partial charge in [0.2, 0.25) is 0 Å². The molecule has 0 amide bonds. The molecule has 0 aromatic carbocycles. The smallest absolute Gasteiger partial charge is 0.335 e. The number of aliphatic hydroxyl groups excluding tert-OH is 2. The number of fused-ring (bicyclic) bond motifs is 5. The van der Waals surface area contributed by atoms with Crippen molar-refractivity contribution in [3.63, 3.8) is 0 Å². The van der Waals surface area contributed by atoms with Crippen molar-refractivity contribution >= 4 is 0 Å². The van der Waals surface area contributed by atoms with E-state index < -0.39 is 30.1 Å². The highest BCUT2D eigenvalue weighted by molar-refractivity contribution is 5.31. The van der Waals surface area contributed by atoms with E-state index in [4.69, 9.17) is 19.4 Å². The normalized spacial score (nSPS) is 47.3. The molecule has 0 radical (unpaired) electrons. The Morgan fingerprint density at radius 1 is 1.08 bits per heavy atom. The maximum atomic E-state index is 12.4. The van der Waals surface area contributed by atoms with E-state index in [-0.39, 0.29) is 41.0 Å². The van der Waals surface area contributed by atoms with Gasteiger partial charge in [-0.05, 0) is 91.7 Å². The average molecular weight is 542 g/mol. The summed E-state index contributed by atoms with van der Waals surface area (Å²) in [6, 6.07) is 2.51. The lowest BCUT2D eigenvalue weighted by Crippen LogP contribution is -2.60. The molecule has 3 saturated carbocycles. The van der Waals surface area contributed by atoms with Crippen LogP contribution in [0.15, 0.2) is 44.4 Å². The summed E-state index contributed by atoms with van der Waals surface area (Å²) in [6.07, 6.45) is 7.07. The van der Waals surface area contributed by atoms with Gasteiger partial charge >= 0.3 is 5.63 Å². The zero-order chi connectivity index (χ0) is 27.6. The standard InChI is InChI=1S/C29H39N3O7/c1-27-10-7-18(39-26-25(35)24(34)22(15-38-26)31-32-30)13-17(27)4-5-21-20(27)8-11-28(2)19(9-12-29(21,28)36)16-3-6-23(33)37-14-16/h3,6,13-14,18-22,24-26,34-36H,4-5,7-12,15H2,1-2H3/t18-,19+,20?,21?,22-,24+,25-,26?,27-,28+,29-/m0/s1. The van der Waals surface area contributed by atoms with Crippen LogP contribution in [0.5, 0.6) is 0 Å². The van der Waals surface area contributed by atoms with Gasteiger partial charge in [0.25, 0.3) is 0 Å². The van der Waals surface area contributed by atoms with Gasteiger partial charge in [-0.25, -0.2) is 4.79 Å². The highest BCUT2D eigenvalue weighted by Crippen LogP contribution is 2.70. The number of rotatable bonds is 4. The van der Waals surface area contributed by atoms with Crippen LogP contribution in [0.1, 0.15) is 76.7 Å². The molecule has 39 heavy (non-hydrogen) atoms. The zero-order valence-corrected chi connectivity index (χ0v) is 22.6. The van der Waals surface area contributed by atoms with Crippen molar-refractivity contribution in [1.29, 1.82) is 0 Å². The topological polar surface area (TPSA) is 158 Å². The van der Waals surface area contributed by atoms with E-state index in [1.165, 1.54) is 11.6 Å². The SMILES string of the molecule is C[C@]12CC[C@H](OC3OC[C@H](N=[N+]=[N-])[C@@H](O)[C@@H]3O)C=C1CCC1C2CC[C@]2(C)[C@@H](c3ccc(=O)oc3)CC[C@]12O. The van der Waals surface area contributed by atoms with Crippen LogP contribution in [-0.2, 0) is 9.47 Å². The third-order valence-corrected chi connectivity index (χ3v) is 11.3. The Morgan fingerprint density at radius 3 is 2.64 bits per heavy atom. The molecular formula is C29H39N3O7. The fraction of sp³-hybridized carbons (Fsp3) is 0.759. The molecule has 212 valence electrons. The molecule has 4 fully saturated rings. The van der Waals surface area contributed by atoms with Gasteiger partial charge in [-0.2, -0.15) is 0 Å². The van der Waals surface area contributed by atoms with E-state index in [1.54, 1.807) is 6.26 Å². The maximum absolute atomic E-state index is 12.4. The summed E-state index contributed by atoms with van der Waals surface area (Å²) in [6.45, 7) is 4.57. The molecule has 1 aromatic rings. The first-order valence-electron chi connectivity index (χ1n) is 14.3. The van der Waals surface area contributed by atoms with Gasteiger partial charge in [0.1, 0.15) is 6.10 Å². The average Bonchev–Trinajstić information content (AvgIpc) is 3.20. The van der Waals surface area contributed by atoms with Crippen LogP contribution in [0, 0.1) is 22.7 Å². The Hall–Kier alpha value is -2.20. The van der Waals surface area contributed by atoms with Crippen LogP contribution in [0.3, 0.4) is 0 Å². The summed E-state index contributed by atoms with van der Waals surface area (Å²) in [7, 11) is 0. The van der Waals surface area contributed by atoms with Crippen LogP contribution < -0.4 is 5.63 Å². The van der Waals surface area contributed by atoms with Crippen LogP contribution in [0.4, 0.5) is 0 Å². The third-order valence-electron chi connectivity index (χ3n) is 11.3. The van der Waals surface area contributed by atoms with Gasteiger partial charge in [-0.1, -0.05) is 30.6 Å². The Bertz CT molecular complexity index is 1220. The Labute approximate surface area is 227 Å². The lowest BCUT2D eigenvalue weighted by Gasteiger charge is -2.62. The second-order valence-corrected chi connectivity index (χ2v) is 12.9. The molecule has 6 rings (SSSR count). The molecular weight excluding hydrogens is 502 g/mol. The van der Waals surface area contributed by atoms with Crippen molar-refractivity contribution in [3.8, 4) is 0 Å². The predicted molar refractivity (Wildman–Crippen MR) is 140 cm³/mol. The van der Waals surface area contributed by atoms with Gasteiger partial charge < -0.3 is 29.2 Å². The fourth-order valence-corrected chi connectivity index (χ4v) is 9.11. The fourth-order valence-electron chi connectivity index (χ4n) is 9.11. The Kier molecular flexibility index (Phi) is 6.72. The molecule has 3 N–H and O–H groups in total. The van der Waals surface area contributed by atoms with Crippen molar-refractivity contribution < 1.29 is 29.2 Å². The predicted octanol–water partition coefficient (Wildman–Crippen LogP) is 3.94. The van der Waals surface area contributed by atoms with Gasteiger partial charge in [0.15, 0.2) is 6.29 Å². The number of nitrogens with zero attached hydrogens (tertiary/aromatic N) is 3. The molecule has 10 heteroatoms. The molecule has 5 aliphatic rings. The van der Waals surface area contributed by atoms with Crippen molar-refractivity contribution in [1.82, 2.24) is 0 Å². The summed E-state index contributed by atoms with van der Waals surface area (Å²) in [5.41, 5.74) is 9.61. The summed E-state index contributed by atoms with van der Waals surface area (Å²) >= 11 is 0. The second-order valence-electron chi connectivity index (χ2n) is 12.9. The van der Waals surface area contributed by atoms with E-state index >= 15 is 0 Å². The summed E-state index contributed by atoms with van der Waals surface area (Å²) in [5.74, 6) is 0.734.